The number of hydrogen-bond acceptors (Lipinski definition) is 5. The van der Waals surface area contributed by atoms with Crippen molar-refractivity contribution in [2.45, 2.75) is 11.0 Å². The molecule has 1 aliphatic heterocycles. The molecule has 1 aromatic rings. The summed E-state index contributed by atoms with van der Waals surface area (Å²) in [5.41, 5.74) is -0.324. The third kappa shape index (κ3) is 3.97. The van der Waals surface area contributed by atoms with Gasteiger partial charge in [0, 0.05) is 6.54 Å². The third-order valence-corrected chi connectivity index (χ3v) is 4.31. The highest BCUT2D eigenvalue weighted by molar-refractivity contribution is 7.89. The van der Waals surface area contributed by atoms with E-state index in [1.165, 1.54) is 0 Å². The molecule has 0 aliphatic carbocycles. The van der Waals surface area contributed by atoms with Crippen molar-refractivity contribution in [1.29, 1.82) is 0 Å². The van der Waals surface area contributed by atoms with Crippen LogP contribution in [0.5, 0.6) is 0 Å². The van der Waals surface area contributed by atoms with E-state index in [9.17, 15) is 17.6 Å². The number of benzene rings is 1. The highest BCUT2D eigenvalue weighted by Crippen LogP contribution is 2.16. The Balaban J connectivity index is 2.10. The molecule has 1 heterocycles. The molecule has 1 fully saturated rings. The molecule has 21 heavy (non-hydrogen) atoms. The Hall–Kier alpha value is -1.55. The van der Waals surface area contributed by atoms with Crippen LogP contribution in [0.3, 0.4) is 0 Å². The smallest absolute Gasteiger partial charge is 0.335 e. The zero-order chi connectivity index (χ0) is 15.5. The Morgan fingerprint density at radius 3 is 2.76 bits per heavy atom. The lowest BCUT2D eigenvalue weighted by Crippen LogP contribution is -2.39. The minimum atomic E-state index is -4.09. The summed E-state index contributed by atoms with van der Waals surface area (Å²) >= 11 is 0. The van der Waals surface area contributed by atoms with Crippen molar-refractivity contribution >= 4 is 16.0 Å². The molecule has 2 rings (SSSR count). The van der Waals surface area contributed by atoms with Crippen molar-refractivity contribution in [3.63, 3.8) is 0 Å². The van der Waals surface area contributed by atoms with Crippen molar-refractivity contribution < 1.29 is 32.2 Å². The van der Waals surface area contributed by atoms with Gasteiger partial charge >= 0.3 is 5.97 Å². The minimum absolute atomic E-state index is 0.0531. The lowest BCUT2D eigenvalue weighted by atomic mass is 10.2. The van der Waals surface area contributed by atoms with Crippen LogP contribution < -0.4 is 4.72 Å². The van der Waals surface area contributed by atoms with Gasteiger partial charge in [-0.15, -0.1) is 0 Å². The summed E-state index contributed by atoms with van der Waals surface area (Å²) in [6, 6.07) is 2.61. The average molecular weight is 319 g/mol. The maximum Gasteiger partial charge on any atom is 0.335 e. The number of sulfonamides is 1. The first-order valence-corrected chi connectivity index (χ1v) is 7.60. The molecule has 0 radical (unpaired) electrons. The maximum atomic E-state index is 13.7. The molecular formula is C12H14FNO6S. The van der Waals surface area contributed by atoms with E-state index < -0.39 is 32.8 Å². The molecule has 0 spiro atoms. The largest absolute Gasteiger partial charge is 0.478 e. The molecule has 1 aromatic carbocycles. The van der Waals surface area contributed by atoms with Gasteiger partial charge in [-0.25, -0.2) is 22.3 Å². The van der Waals surface area contributed by atoms with Gasteiger partial charge in [0.15, 0.2) is 0 Å². The molecule has 2 N–H and O–H groups in total. The van der Waals surface area contributed by atoms with Crippen molar-refractivity contribution in [3.8, 4) is 0 Å². The summed E-state index contributed by atoms with van der Waals surface area (Å²) in [5, 5.41) is 8.71. The first-order chi connectivity index (χ1) is 9.90. The van der Waals surface area contributed by atoms with Crippen molar-refractivity contribution in [1.82, 2.24) is 4.72 Å². The third-order valence-electron chi connectivity index (χ3n) is 2.85. The van der Waals surface area contributed by atoms with E-state index in [1.807, 2.05) is 0 Å². The summed E-state index contributed by atoms with van der Waals surface area (Å²) in [6.45, 7) is 1.02. The number of carboxylic acid groups (broad SMARTS) is 1. The molecule has 1 unspecified atom stereocenters. The van der Waals surface area contributed by atoms with Gasteiger partial charge in [0.25, 0.3) is 0 Å². The first-order valence-electron chi connectivity index (χ1n) is 6.12. The zero-order valence-corrected chi connectivity index (χ0v) is 11.7. The molecule has 116 valence electrons. The van der Waals surface area contributed by atoms with Crippen LogP contribution in [-0.2, 0) is 19.5 Å². The Kier molecular flexibility index (Phi) is 4.88. The zero-order valence-electron chi connectivity index (χ0n) is 10.9. The fraction of sp³-hybridized carbons (Fsp3) is 0.417. The number of hydrogen-bond donors (Lipinski definition) is 2. The van der Waals surface area contributed by atoms with E-state index in [0.717, 1.165) is 12.1 Å². The van der Waals surface area contributed by atoms with Crippen LogP contribution in [-0.4, -0.2) is 52.0 Å². The number of rotatable bonds is 5. The van der Waals surface area contributed by atoms with E-state index in [-0.39, 0.29) is 18.7 Å². The second-order valence-corrected chi connectivity index (χ2v) is 6.11. The quantitative estimate of drug-likeness (QED) is 0.805. The Labute approximate surface area is 120 Å². The molecule has 0 saturated carbocycles. The average Bonchev–Trinajstić information content (AvgIpc) is 2.46. The van der Waals surface area contributed by atoms with Crippen LogP contribution in [0.25, 0.3) is 0 Å². The van der Waals surface area contributed by atoms with Crippen molar-refractivity contribution in [3.05, 3.63) is 29.6 Å². The summed E-state index contributed by atoms with van der Waals surface area (Å²) in [4.78, 5) is 10.1. The Bertz CT molecular complexity index is 627. The summed E-state index contributed by atoms with van der Waals surface area (Å²) < 4.78 is 50.3. The van der Waals surface area contributed by atoms with Crippen LogP contribution in [0.1, 0.15) is 10.4 Å². The number of ether oxygens (including phenoxy) is 2. The van der Waals surface area contributed by atoms with Gasteiger partial charge in [-0.05, 0) is 18.2 Å². The molecule has 1 saturated heterocycles. The molecule has 0 bridgehead atoms. The highest BCUT2D eigenvalue weighted by Gasteiger charge is 2.23. The van der Waals surface area contributed by atoms with Gasteiger partial charge in [-0.3, -0.25) is 0 Å². The summed E-state index contributed by atoms with van der Waals surface area (Å²) in [5.74, 6) is -2.46. The molecule has 0 aromatic heterocycles. The SMILES string of the molecule is O=C(O)c1ccc(S(=O)(=O)NCC2COCCO2)c(F)c1. The van der Waals surface area contributed by atoms with E-state index in [0.29, 0.717) is 19.3 Å². The van der Waals surface area contributed by atoms with Gasteiger partial charge in [0.2, 0.25) is 10.0 Å². The van der Waals surface area contributed by atoms with Gasteiger partial charge in [0.05, 0.1) is 31.5 Å². The number of nitrogens with one attached hydrogen (secondary N) is 1. The second-order valence-electron chi connectivity index (χ2n) is 4.37. The van der Waals surface area contributed by atoms with E-state index >= 15 is 0 Å². The molecule has 9 heteroatoms. The molecule has 7 nitrogen and oxygen atoms in total. The fourth-order valence-corrected chi connectivity index (χ4v) is 2.91. The first kappa shape index (κ1) is 15.8. The predicted molar refractivity (Wildman–Crippen MR) is 69.1 cm³/mol. The van der Waals surface area contributed by atoms with Crippen LogP contribution in [0.4, 0.5) is 4.39 Å². The van der Waals surface area contributed by atoms with Crippen molar-refractivity contribution in [2.75, 3.05) is 26.4 Å². The normalized spacial score (nSPS) is 19.4. The van der Waals surface area contributed by atoms with Crippen molar-refractivity contribution in [2.24, 2.45) is 0 Å². The monoisotopic (exact) mass is 319 g/mol. The topological polar surface area (TPSA) is 102 Å². The second kappa shape index (κ2) is 6.48. The fourth-order valence-electron chi connectivity index (χ4n) is 1.79. The maximum absolute atomic E-state index is 13.7. The molecule has 1 aliphatic rings. The number of carboxylic acids is 1. The van der Waals surface area contributed by atoms with Gasteiger partial charge in [0.1, 0.15) is 10.7 Å². The van der Waals surface area contributed by atoms with Gasteiger partial charge < -0.3 is 14.6 Å². The minimum Gasteiger partial charge on any atom is -0.478 e. The number of aromatic carboxylic acids is 1. The lowest BCUT2D eigenvalue weighted by molar-refractivity contribution is -0.0847. The number of halogens is 1. The summed E-state index contributed by atoms with van der Waals surface area (Å²) in [6.07, 6.45) is -0.435. The van der Waals surface area contributed by atoms with Crippen LogP contribution in [0.15, 0.2) is 23.1 Å². The van der Waals surface area contributed by atoms with Crippen LogP contribution in [0, 0.1) is 5.82 Å². The van der Waals surface area contributed by atoms with Gasteiger partial charge in [-0.1, -0.05) is 0 Å². The van der Waals surface area contributed by atoms with E-state index in [1.54, 1.807) is 0 Å². The predicted octanol–water partition coefficient (Wildman–Crippen LogP) is 0.218. The Morgan fingerprint density at radius 2 is 2.19 bits per heavy atom. The standard InChI is InChI=1S/C12H14FNO6S/c13-10-5-8(12(15)16)1-2-11(10)21(17,18)14-6-9-7-19-3-4-20-9/h1-2,5,9,14H,3-4,6-7H2,(H,15,16). The van der Waals surface area contributed by atoms with E-state index in [2.05, 4.69) is 4.72 Å². The van der Waals surface area contributed by atoms with Crippen LogP contribution >= 0.6 is 0 Å². The van der Waals surface area contributed by atoms with Gasteiger partial charge in [-0.2, -0.15) is 0 Å². The lowest BCUT2D eigenvalue weighted by Gasteiger charge is -2.23. The molecular weight excluding hydrogens is 305 g/mol. The Morgan fingerprint density at radius 1 is 1.43 bits per heavy atom. The highest BCUT2D eigenvalue weighted by atomic mass is 32.2. The summed E-state index contributed by atoms with van der Waals surface area (Å²) in [7, 11) is -4.09. The number of carbonyl (C=O) groups is 1. The van der Waals surface area contributed by atoms with E-state index in [4.69, 9.17) is 14.6 Å². The molecule has 0 amide bonds. The van der Waals surface area contributed by atoms with Crippen LogP contribution in [0.2, 0.25) is 0 Å². The molecule has 1 atom stereocenters.